The highest BCUT2D eigenvalue weighted by Gasteiger charge is 2.32. The molecule has 2 aromatic rings. The molecule has 0 aromatic heterocycles. The molecule has 1 atom stereocenters. The third-order valence-electron chi connectivity index (χ3n) is 4.74. The summed E-state index contributed by atoms with van der Waals surface area (Å²) in [5.41, 5.74) is 15.8. The van der Waals surface area contributed by atoms with Crippen molar-refractivity contribution < 1.29 is 19.1 Å². The zero-order chi connectivity index (χ0) is 18.7. The molecule has 1 aliphatic carbocycles. The summed E-state index contributed by atoms with van der Waals surface area (Å²) >= 11 is 0. The normalized spacial score (nSPS) is 13.8. The van der Waals surface area contributed by atoms with E-state index in [0.29, 0.717) is 0 Å². The van der Waals surface area contributed by atoms with E-state index in [2.05, 4.69) is 16.9 Å². The third-order valence-corrected chi connectivity index (χ3v) is 4.74. The van der Waals surface area contributed by atoms with Gasteiger partial charge in [-0.1, -0.05) is 48.5 Å². The quantitative estimate of drug-likeness (QED) is 0.605. The first-order chi connectivity index (χ1) is 12.5. The Bertz CT molecular complexity index is 773. The van der Waals surface area contributed by atoms with Gasteiger partial charge in [-0.3, -0.25) is 9.59 Å². The smallest absolute Gasteiger partial charge is 0.312 e. The van der Waals surface area contributed by atoms with E-state index in [1.807, 2.05) is 36.4 Å². The number of benzene rings is 2. The van der Waals surface area contributed by atoms with E-state index in [0.717, 1.165) is 22.3 Å². The van der Waals surface area contributed by atoms with E-state index >= 15 is 0 Å². The minimum atomic E-state index is -0.996. The van der Waals surface area contributed by atoms with Crippen LogP contribution in [0.15, 0.2) is 48.5 Å². The monoisotopic (exact) mass is 354 g/mol. The number of esters is 2. The maximum absolute atomic E-state index is 12.4. The van der Waals surface area contributed by atoms with Gasteiger partial charge in [-0.15, -0.1) is 0 Å². The Morgan fingerprint density at radius 3 is 2.04 bits per heavy atom. The van der Waals surface area contributed by atoms with Crippen LogP contribution in [-0.2, 0) is 19.1 Å². The van der Waals surface area contributed by atoms with Crippen LogP contribution in [-0.4, -0.2) is 31.8 Å². The first-order valence-corrected chi connectivity index (χ1v) is 8.45. The molecule has 2 aromatic carbocycles. The second-order valence-corrected chi connectivity index (χ2v) is 6.32. The number of hydrogen-bond donors (Lipinski definition) is 2. The molecule has 0 saturated heterocycles. The van der Waals surface area contributed by atoms with E-state index in [1.54, 1.807) is 0 Å². The molecule has 0 fully saturated rings. The van der Waals surface area contributed by atoms with Crippen LogP contribution in [0.25, 0.3) is 11.1 Å². The molecule has 26 heavy (non-hydrogen) atoms. The highest BCUT2D eigenvalue weighted by atomic mass is 16.5. The van der Waals surface area contributed by atoms with Crippen LogP contribution in [0.2, 0.25) is 0 Å². The van der Waals surface area contributed by atoms with Gasteiger partial charge in [0.05, 0.1) is 25.6 Å². The SMILES string of the molecule is COC(=O)CC(C(=O)OCC1c2ccccc2-c2ccccc21)C(N)N. The molecule has 0 amide bonds. The molecule has 0 spiro atoms. The van der Waals surface area contributed by atoms with E-state index in [1.165, 1.54) is 7.11 Å². The van der Waals surface area contributed by atoms with Crippen LogP contribution in [0.3, 0.4) is 0 Å². The molecule has 0 saturated carbocycles. The number of carbonyl (C=O) groups is 2. The van der Waals surface area contributed by atoms with Crippen molar-refractivity contribution in [3.05, 3.63) is 59.7 Å². The fourth-order valence-electron chi connectivity index (χ4n) is 3.35. The Kier molecular flexibility index (Phi) is 5.35. The van der Waals surface area contributed by atoms with Crippen LogP contribution < -0.4 is 11.5 Å². The predicted molar refractivity (Wildman–Crippen MR) is 97.0 cm³/mol. The molecule has 1 aliphatic rings. The first kappa shape index (κ1) is 18.1. The van der Waals surface area contributed by atoms with E-state index in [-0.39, 0.29) is 18.9 Å². The highest BCUT2D eigenvalue weighted by molar-refractivity contribution is 5.81. The lowest BCUT2D eigenvalue weighted by molar-refractivity contribution is -0.155. The molecule has 0 aliphatic heterocycles. The van der Waals surface area contributed by atoms with E-state index in [4.69, 9.17) is 16.2 Å². The van der Waals surface area contributed by atoms with Gasteiger partial charge in [0, 0.05) is 5.92 Å². The Labute approximate surface area is 152 Å². The summed E-state index contributed by atoms with van der Waals surface area (Å²) in [6, 6.07) is 16.1. The van der Waals surface area contributed by atoms with Crippen molar-refractivity contribution in [2.24, 2.45) is 17.4 Å². The molecular formula is C20H22N2O4. The van der Waals surface area contributed by atoms with Gasteiger partial charge in [-0.25, -0.2) is 0 Å². The Balaban J connectivity index is 1.77. The number of ether oxygens (including phenoxy) is 2. The number of carbonyl (C=O) groups excluding carboxylic acids is 2. The Morgan fingerprint density at radius 1 is 1.00 bits per heavy atom. The molecule has 3 rings (SSSR count). The summed E-state index contributed by atoms with van der Waals surface area (Å²) in [4.78, 5) is 23.9. The van der Waals surface area contributed by atoms with Gasteiger partial charge in [-0.2, -0.15) is 0 Å². The number of fused-ring (bicyclic) bond motifs is 3. The van der Waals surface area contributed by atoms with Crippen LogP contribution in [0, 0.1) is 5.92 Å². The van der Waals surface area contributed by atoms with Gasteiger partial charge in [0.1, 0.15) is 6.61 Å². The summed E-state index contributed by atoms with van der Waals surface area (Å²) in [6.45, 7) is 0.164. The average molecular weight is 354 g/mol. The molecule has 0 heterocycles. The number of hydrogen-bond acceptors (Lipinski definition) is 6. The van der Waals surface area contributed by atoms with Crippen molar-refractivity contribution in [2.45, 2.75) is 18.5 Å². The molecule has 6 nitrogen and oxygen atoms in total. The van der Waals surface area contributed by atoms with Crippen molar-refractivity contribution in [1.29, 1.82) is 0 Å². The van der Waals surface area contributed by atoms with Gasteiger partial charge >= 0.3 is 11.9 Å². The first-order valence-electron chi connectivity index (χ1n) is 8.45. The topological polar surface area (TPSA) is 105 Å². The predicted octanol–water partition coefficient (Wildman–Crippen LogP) is 1.76. The number of methoxy groups -OCH3 is 1. The minimum absolute atomic E-state index is 0.0564. The van der Waals surface area contributed by atoms with Crippen LogP contribution in [0.4, 0.5) is 0 Å². The van der Waals surface area contributed by atoms with Crippen molar-refractivity contribution in [1.82, 2.24) is 0 Å². The summed E-state index contributed by atoms with van der Waals surface area (Å²) in [5.74, 6) is -2.13. The summed E-state index contributed by atoms with van der Waals surface area (Å²) in [6.07, 6.45) is -1.20. The van der Waals surface area contributed by atoms with E-state index in [9.17, 15) is 9.59 Å². The molecule has 6 heteroatoms. The molecule has 0 radical (unpaired) electrons. The standard InChI is InChI=1S/C20H22N2O4/c1-25-18(23)10-16(19(21)22)20(24)26-11-17-14-8-4-2-6-12(14)13-7-3-5-9-15(13)17/h2-9,16-17,19H,10-11,21-22H2,1H3. The second kappa shape index (κ2) is 7.68. The molecule has 136 valence electrons. The maximum atomic E-state index is 12.4. The zero-order valence-corrected chi connectivity index (χ0v) is 14.6. The van der Waals surface area contributed by atoms with Crippen LogP contribution in [0.5, 0.6) is 0 Å². The summed E-state index contributed by atoms with van der Waals surface area (Å²) in [7, 11) is 1.25. The second-order valence-electron chi connectivity index (χ2n) is 6.32. The van der Waals surface area contributed by atoms with Crippen LogP contribution in [0.1, 0.15) is 23.5 Å². The largest absolute Gasteiger partial charge is 0.469 e. The average Bonchev–Trinajstić information content (AvgIpc) is 2.97. The van der Waals surface area contributed by atoms with Gasteiger partial charge in [0.25, 0.3) is 0 Å². The maximum Gasteiger partial charge on any atom is 0.312 e. The van der Waals surface area contributed by atoms with Crippen molar-refractivity contribution in [3.8, 4) is 11.1 Å². The third kappa shape index (κ3) is 3.47. The zero-order valence-electron chi connectivity index (χ0n) is 14.6. The van der Waals surface area contributed by atoms with Gasteiger partial charge in [0.15, 0.2) is 0 Å². The van der Waals surface area contributed by atoms with Gasteiger partial charge < -0.3 is 20.9 Å². The minimum Gasteiger partial charge on any atom is -0.469 e. The van der Waals surface area contributed by atoms with Gasteiger partial charge in [-0.05, 0) is 22.3 Å². The molecule has 0 bridgehead atoms. The number of rotatable bonds is 6. The lowest BCUT2D eigenvalue weighted by Gasteiger charge is -2.20. The fourth-order valence-corrected chi connectivity index (χ4v) is 3.35. The Morgan fingerprint density at radius 2 is 1.54 bits per heavy atom. The summed E-state index contributed by atoms with van der Waals surface area (Å²) < 4.78 is 10.1. The fraction of sp³-hybridized carbons (Fsp3) is 0.300. The van der Waals surface area contributed by atoms with Crippen molar-refractivity contribution in [3.63, 3.8) is 0 Å². The summed E-state index contributed by atoms with van der Waals surface area (Å²) in [5, 5.41) is 0. The van der Waals surface area contributed by atoms with Crippen molar-refractivity contribution in [2.75, 3.05) is 13.7 Å². The molecular weight excluding hydrogens is 332 g/mol. The van der Waals surface area contributed by atoms with Crippen molar-refractivity contribution >= 4 is 11.9 Å². The number of nitrogens with two attached hydrogens (primary N) is 2. The van der Waals surface area contributed by atoms with E-state index < -0.39 is 24.0 Å². The van der Waals surface area contributed by atoms with Gasteiger partial charge in [0.2, 0.25) is 0 Å². The lowest BCUT2D eigenvalue weighted by atomic mass is 9.98. The van der Waals surface area contributed by atoms with Crippen LogP contribution >= 0.6 is 0 Å². The lowest BCUT2D eigenvalue weighted by Crippen LogP contribution is -2.44. The molecule has 1 unspecified atom stereocenters. The Hall–Kier alpha value is -2.70. The highest BCUT2D eigenvalue weighted by Crippen LogP contribution is 2.44. The molecule has 4 N–H and O–H groups in total.